The second-order valence-electron chi connectivity index (χ2n) is 4.30. The highest BCUT2D eigenvalue weighted by Gasteiger charge is 2.17. The summed E-state index contributed by atoms with van der Waals surface area (Å²) >= 11 is 0. The van der Waals surface area contributed by atoms with Crippen LogP contribution < -0.4 is 16.0 Å². The Balaban J connectivity index is 2.43. The number of methoxy groups -OCH3 is 1. The van der Waals surface area contributed by atoms with Crippen LogP contribution in [0.1, 0.15) is 29.7 Å². The van der Waals surface area contributed by atoms with E-state index in [-0.39, 0.29) is 6.04 Å². The van der Waals surface area contributed by atoms with E-state index >= 15 is 0 Å². The number of nitrogens with one attached hydrogen (secondary N) is 1. The van der Waals surface area contributed by atoms with Crippen molar-refractivity contribution in [1.82, 2.24) is 10.4 Å². The van der Waals surface area contributed by atoms with Crippen LogP contribution in [0.4, 0.5) is 0 Å². The van der Waals surface area contributed by atoms with Crippen LogP contribution in [-0.4, -0.2) is 12.1 Å². The Morgan fingerprint density at radius 3 is 2.84 bits per heavy atom. The summed E-state index contributed by atoms with van der Waals surface area (Å²) in [6.45, 7) is 2.13. The Bertz CT molecular complexity index is 542. The fraction of sp³-hybridized carbons (Fsp3) is 0.267. The van der Waals surface area contributed by atoms with E-state index in [0.29, 0.717) is 5.88 Å². The van der Waals surface area contributed by atoms with E-state index in [2.05, 4.69) is 35.5 Å². The third kappa shape index (κ3) is 2.92. The van der Waals surface area contributed by atoms with E-state index < -0.39 is 0 Å². The molecule has 1 aromatic heterocycles. The molecule has 2 aromatic rings. The highest BCUT2D eigenvalue weighted by atomic mass is 16.5. The molecule has 100 valence electrons. The summed E-state index contributed by atoms with van der Waals surface area (Å²) in [6.07, 6.45) is 2.70. The van der Waals surface area contributed by atoms with Gasteiger partial charge in [0.25, 0.3) is 0 Å². The van der Waals surface area contributed by atoms with Crippen LogP contribution in [-0.2, 0) is 6.42 Å². The SMILES string of the molecule is CCc1cccc(C(NN)c2cccnc2OC)c1. The van der Waals surface area contributed by atoms with Gasteiger partial charge in [0.2, 0.25) is 5.88 Å². The van der Waals surface area contributed by atoms with Crippen molar-refractivity contribution in [1.29, 1.82) is 0 Å². The van der Waals surface area contributed by atoms with Gasteiger partial charge in [-0.1, -0.05) is 37.3 Å². The zero-order valence-corrected chi connectivity index (χ0v) is 11.3. The molecule has 0 radical (unpaired) electrons. The van der Waals surface area contributed by atoms with Gasteiger partial charge in [-0.3, -0.25) is 5.84 Å². The Labute approximate surface area is 113 Å². The smallest absolute Gasteiger partial charge is 0.218 e. The number of aromatic nitrogens is 1. The Morgan fingerprint density at radius 1 is 1.32 bits per heavy atom. The van der Waals surface area contributed by atoms with Gasteiger partial charge in [-0.25, -0.2) is 10.4 Å². The molecule has 2 rings (SSSR count). The van der Waals surface area contributed by atoms with Gasteiger partial charge in [0.1, 0.15) is 0 Å². The molecule has 4 heteroatoms. The van der Waals surface area contributed by atoms with E-state index in [9.17, 15) is 0 Å². The van der Waals surface area contributed by atoms with Gasteiger partial charge in [-0.2, -0.15) is 0 Å². The summed E-state index contributed by atoms with van der Waals surface area (Å²) in [5.74, 6) is 6.31. The van der Waals surface area contributed by atoms with Gasteiger partial charge >= 0.3 is 0 Å². The van der Waals surface area contributed by atoms with Crippen molar-refractivity contribution in [2.75, 3.05) is 7.11 Å². The first-order chi connectivity index (χ1) is 9.30. The molecule has 1 unspecified atom stereocenters. The highest BCUT2D eigenvalue weighted by molar-refractivity contribution is 5.38. The number of rotatable bonds is 5. The van der Waals surface area contributed by atoms with Gasteiger partial charge in [0, 0.05) is 11.8 Å². The maximum Gasteiger partial charge on any atom is 0.218 e. The summed E-state index contributed by atoms with van der Waals surface area (Å²) in [5, 5.41) is 0. The Kier molecular flexibility index (Phi) is 4.49. The number of benzene rings is 1. The summed E-state index contributed by atoms with van der Waals surface area (Å²) in [4.78, 5) is 4.22. The van der Waals surface area contributed by atoms with E-state index in [1.54, 1.807) is 13.3 Å². The minimum absolute atomic E-state index is 0.129. The lowest BCUT2D eigenvalue weighted by Crippen LogP contribution is -2.29. The zero-order chi connectivity index (χ0) is 13.7. The van der Waals surface area contributed by atoms with Crippen LogP contribution in [0.25, 0.3) is 0 Å². The van der Waals surface area contributed by atoms with Crippen molar-refractivity contribution in [3.63, 3.8) is 0 Å². The maximum atomic E-state index is 5.72. The molecule has 0 amide bonds. The maximum absolute atomic E-state index is 5.72. The number of aryl methyl sites for hydroxylation is 1. The molecule has 0 aliphatic carbocycles. The standard InChI is InChI=1S/C15H19N3O/c1-3-11-6-4-7-12(10-11)14(18-16)13-8-5-9-17-15(13)19-2/h4-10,14,18H,3,16H2,1-2H3. The largest absolute Gasteiger partial charge is 0.481 e. The van der Waals surface area contributed by atoms with E-state index in [0.717, 1.165) is 17.5 Å². The van der Waals surface area contributed by atoms with E-state index in [4.69, 9.17) is 10.6 Å². The van der Waals surface area contributed by atoms with Crippen molar-refractivity contribution in [2.45, 2.75) is 19.4 Å². The predicted molar refractivity (Wildman–Crippen MR) is 75.8 cm³/mol. The van der Waals surface area contributed by atoms with Gasteiger partial charge < -0.3 is 4.74 Å². The topological polar surface area (TPSA) is 60.2 Å². The van der Waals surface area contributed by atoms with Crippen LogP contribution in [0, 0.1) is 0 Å². The predicted octanol–water partition coefficient (Wildman–Crippen LogP) is 2.21. The van der Waals surface area contributed by atoms with E-state index in [1.807, 2.05) is 18.2 Å². The monoisotopic (exact) mass is 257 g/mol. The summed E-state index contributed by atoms with van der Waals surface area (Å²) in [7, 11) is 1.61. The molecule has 1 heterocycles. The van der Waals surface area contributed by atoms with Crippen molar-refractivity contribution < 1.29 is 4.74 Å². The number of nitrogens with two attached hydrogens (primary N) is 1. The number of ether oxygens (including phenoxy) is 1. The summed E-state index contributed by atoms with van der Waals surface area (Å²) < 4.78 is 5.30. The van der Waals surface area contributed by atoms with Crippen LogP contribution in [0.3, 0.4) is 0 Å². The number of hydrogen-bond acceptors (Lipinski definition) is 4. The second-order valence-corrected chi connectivity index (χ2v) is 4.30. The van der Waals surface area contributed by atoms with Crippen LogP contribution in [0.5, 0.6) is 5.88 Å². The number of nitrogens with zero attached hydrogens (tertiary/aromatic N) is 1. The molecule has 0 fully saturated rings. The highest BCUT2D eigenvalue weighted by Crippen LogP contribution is 2.28. The third-order valence-corrected chi connectivity index (χ3v) is 3.16. The fourth-order valence-electron chi connectivity index (χ4n) is 2.15. The molecule has 0 bridgehead atoms. The first-order valence-electron chi connectivity index (χ1n) is 6.34. The molecule has 0 aliphatic rings. The molecule has 0 aliphatic heterocycles. The first-order valence-corrected chi connectivity index (χ1v) is 6.34. The van der Waals surface area contributed by atoms with Gasteiger partial charge in [0.15, 0.2) is 0 Å². The molecule has 4 nitrogen and oxygen atoms in total. The average molecular weight is 257 g/mol. The Morgan fingerprint density at radius 2 is 2.16 bits per heavy atom. The lowest BCUT2D eigenvalue weighted by atomic mass is 9.98. The second kappa shape index (κ2) is 6.31. The van der Waals surface area contributed by atoms with Crippen molar-refractivity contribution in [2.24, 2.45) is 5.84 Å². The summed E-state index contributed by atoms with van der Waals surface area (Å²) in [6, 6.07) is 12.1. The van der Waals surface area contributed by atoms with Gasteiger partial charge in [0.05, 0.1) is 13.2 Å². The number of hydrogen-bond donors (Lipinski definition) is 2. The van der Waals surface area contributed by atoms with Crippen LogP contribution in [0.15, 0.2) is 42.6 Å². The minimum Gasteiger partial charge on any atom is -0.481 e. The zero-order valence-electron chi connectivity index (χ0n) is 11.3. The molecule has 0 spiro atoms. The van der Waals surface area contributed by atoms with Crippen LogP contribution in [0.2, 0.25) is 0 Å². The first kappa shape index (κ1) is 13.5. The molecular weight excluding hydrogens is 238 g/mol. The molecule has 3 N–H and O–H groups in total. The average Bonchev–Trinajstić information content (AvgIpc) is 2.49. The van der Waals surface area contributed by atoms with Gasteiger partial charge in [-0.15, -0.1) is 0 Å². The molecule has 0 saturated carbocycles. The third-order valence-electron chi connectivity index (χ3n) is 3.16. The fourth-order valence-corrected chi connectivity index (χ4v) is 2.15. The van der Waals surface area contributed by atoms with Gasteiger partial charge in [-0.05, 0) is 23.6 Å². The van der Waals surface area contributed by atoms with Crippen molar-refractivity contribution >= 4 is 0 Å². The molecular formula is C15H19N3O. The number of hydrazine groups is 1. The Hall–Kier alpha value is -1.91. The van der Waals surface area contributed by atoms with E-state index in [1.165, 1.54) is 5.56 Å². The normalized spacial score (nSPS) is 12.2. The number of pyridine rings is 1. The quantitative estimate of drug-likeness (QED) is 0.637. The molecule has 1 atom stereocenters. The van der Waals surface area contributed by atoms with Crippen LogP contribution >= 0.6 is 0 Å². The summed E-state index contributed by atoms with van der Waals surface area (Å²) in [5.41, 5.74) is 6.16. The lowest BCUT2D eigenvalue weighted by Gasteiger charge is -2.19. The minimum atomic E-state index is -0.129. The molecule has 19 heavy (non-hydrogen) atoms. The molecule has 1 aromatic carbocycles. The van der Waals surface area contributed by atoms with Crippen molar-refractivity contribution in [3.05, 3.63) is 59.3 Å². The lowest BCUT2D eigenvalue weighted by molar-refractivity contribution is 0.387. The molecule has 0 saturated heterocycles. The van der Waals surface area contributed by atoms with Crippen molar-refractivity contribution in [3.8, 4) is 5.88 Å².